The number of aromatic nitrogens is 1. The summed E-state index contributed by atoms with van der Waals surface area (Å²) in [6.07, 6.45) is 0.929. The Morgan fingerprint density at radius 2 is 1.71 bits per heavy atom. The third-order valence-corrected chi connectivity index (χ3v) is 13.5. The van der Waals surface area contributed by atoms with Crippen molar-refractivity contribution in [2.24, 2.45) is 5.41 Å². The number of hydrogen-bond donors (Lipinski definition) is 1. The van der Waals surface area contributed by atoms with Crippen molar-refractivity contribution < 1.29 is 27.4 Å². The van der Waals surface area contributed by atoms with E-state index in [0.717, 1.165) is 60.4 Å². The van der Waals surface area contributed by atoms with Crippen LogP contribution < -0.4 is 4.74 Å². The molecule has 0 spiro atoms. The molecule has 0 aliphatic heterocycles. The third-order valence-electron chi connectivity index (χ3n) is 9.11. The smallest absolute Gasteiger partial charge is 0.546 e. The lowest BCUT2D eigenvalue weighted by atomic mass is 9.71. The molecule has 4 nitrogen and oxygen atoms in total. The Labute approximate surface area is 244 Å². The van der Waals surface area contributed by atoms with Gasteiger partial charge in [-0.1, -0.05) is 60.6 Å². The molecule has 41 heavy (non-hydrogen) atoms. The summed E-state index contributed by atoms with van der Waals surface area (Å²) in [5.74, 6) is 0.716. The molecule has 1 heterocycles. The molecular weight excluding hydrogens is 543 g/mol. The van der Waals surface area contributed by atoms with Crippen LogP contribution in [-0.2, 0) is 17.3 Å². The monoisotopic (exact) mass is 589 g/mol. The van der Waals surface area contributed by atoms with Crippen molar-refractivity contribution in [2.45, 2.75) is 123 Å². The van der Waals surface area contributed by atoms with Crippen LogP contribution in [0.1, 0.15) is 119 Å². The average Bonchev–Trinajstić information content (AvgIpc) is 3.27. The Morgan fingerprint density at radius 3 is 2.27 bits per heavy atom. The highest BCUT2D eigenvalue weighted by Crippen LogP contribution is 2.50. The van der Waals surface area contributed by atoms with E-state index in [9.17, 15) is 18.3 Å². The van der Waals surface area contributed by atoms with Gasteiger partial charge in [0.25, 0.3) is 0 Å². The van der Waals surface area contributed by atoms with Gasteiger partial charge in [-0.3, -0.25) is 4.98 Å². The summed E-state index contributed by atoms with van der Waals surface area (Å²) in [6, 6.07) is 5.55. The summed E-state index contributed by atoms with van der Waals surface area (Å²) in [5, 5.41) is 12.0. The molecule has 2 aliphatic carbocycles. The fraction of sp³-hybridized carbons (Fsp3) is 0.606. The summed E-state index contributed by atoms with van der Waals surface area (Å²) in [7, 11) is -2.13. The van der Waals surface area contributed by atoms with E-state index in [1.807, 2.05) is 0 Å². The minimum absolute atomic E-state index is 0.00271. The zero-order valence-corrected chi connectivity index (χ0v) is 27.0. The van der Waals surface area contributed by atoms with E-state index in [1.54, 1.807) is 0 Å². The molecule has 4 rings (SSSR count). The maximum absolute atomic E-state index is 12.8. The molecule has 8 heteroatoms. The lowest BCUT2D eigenvalue weighted by Crippen LogP contribution is -2.41. The molecule has 0 amide bonds. The minimum Gasteiger partial charge on any atom is -0.546 e. The SMILES string of the molecule is CC(C)c1nc2c(c([C@@H]3CCC=C3O[Si](C)(C)C(C)(C)C)c1[C@H](O)c1ccc(OC(F)(F)F)cc1)CCC(C)(C)C2. The first-order chi connectivity index (χ1) is 18.8. The van der Waals surface area contributed by atoms with E-state index < -0.39 is 20.8 Å². The van der Waals surface area contributed by atoms with Gasteiger partial charge >= 0.3 is 6.36 Å². The summed E-state index contributed by atoms with van der Waals surface area (Å²) in [5.41, 5.74) is 5.68. The number of aliphatic hydroxyl groups excluding tert-OH is 1. The molecule has 0 saturated heterocycles. The maximum Gasteiger partial charge on any atom is 0.573 e. The molecule has 1 N–H and O–H groups in total. The summed E-state index contributed by atoms with van der Waals surface area (Å²) >= 11 is 0. The predicted molar refractivity (Wildman–Crippen MR) is 160 cm³/mol. The van der Waals surface area contributed by atoms with Gasteiger partial charge in [0, 0.05) is 22.9 Å². The predicted octanol–water partition coefficient (Wildman–Crippen LogP) is 9.48. The number of hydrogen-bond acceptors (Lipinski definition) is 4. The van der Waals surface area contributed by atoms with Crippen LogP contribution in [0.25, 0.3) is 0 Å². The lowest BCUT2D eigenvalue weighted by Gasteiger charge is -2.40. The van der Waals surface area contributed by atoms with E-state index in [0.29, 0.717) is 5.56 Å². The highest BCUT2D eigenvalue weighted by Gasteiger charge is 2.43. The molecule has 2 atom stereocenters. The third kappa shape index (κ3) is 6.85. The van der Waals surface area contributed by atoms with Crippen molar-refractivity contribution in [1.82, 2.24) is 4.98 Å². The van der Waals surface area contributed by atoms with E-state index in [4.69, 9.17) is 9.41 Å². The molecular formula is C33H46F3NO3Si. The Balaban J connectivity index is 1.88. The number of alkyl halides is 3. The normalized spacial score (nSPS) is 20.0. The number of halogens is 3. The summed E-state index contributed by atoms with van der Waals surface area (Å²) in [6.45, 7) is 19.9. The fourth-order valence-corrected chi connectivity index (χ4v) is 6.95. The first-order valence-electron chi connectivity index (χ1n) is 14.8. The van der Waals surface area contributed by atoms with Crippen LogP contribution in [0.15, 0.2) is 36.1 Å². The standard InChI is InChI=1S/C33H46F3NO3Si/c1-20(2)29-28(30(38)21-13-15-22(16-14-21)39-33(34,35)36)27(23-17-18-32(6,7)19-25(23)37-29)24-11-10-12-26(24)40-41(8,9)31(3,4)5/h12-16,20,24,30,38H,10-11,17-19H2,1-9H3/t24-,30-/m1/s1. The molecule has 0 unspecified atom stereocenters. The zero-order valence-electron chi connectivity index (χ0n) is 26.0. The molecule has 1 aromatic carbocycles. The van der Waals surface area contributed by atoms with Crippen LogP contribution in [0, 0.1) is 5.41 Å². The Bertz CT molecular complexity index is 1290. The number of benzene rings is 1. The molecule has 0 saturated carbocycles. The van der Waals surface area contributed by atoms with Crippen molar-refractivity contribution in [1.29, 1.82) is 0 Å². The van der Waals surface area contributed by atoms with Crippen LogP contribution in [0.3, 0.4) is 0 Å². The zero-order chi connectivity index (χ0) is 30.5. The Kier molecular flexibility index (Phi) is 8.53. The minimum atomic E-state index is -4.77. The van der Waals surface area contributed by atoms with Gasteiger partial charge in [-0.05, 0) is 96.5 Å². The number of aliphatic hydroxyl groups is 1. The largest absolute Gasteiger partial charge is 0.573 e. The van der Waals surface area contributed by atoms with Crippen LogP contribution in [0.2, 0.25) is 18.1 Å². The Morgan fingerprint density at radius 1 is 1.07 bits per heavy atom. The quantitative estimate of drug-likeness (QED) is 0.327. The van der Waals surface area contributed by atoms with Gasteiger partial charge in [0.1, 0.15) is 11.9 Å². The first kappa shape index (κ1) is 31.6. The van der Waals surface area contributed by atoms with E-state index in [1.165, 1.54) is 29.8 Å². The average molecular weight is 590 g/mol. The van der Waals surface area contributed by atoms with Gasteiger partial charge in [0.2, 0.25) is 8.32 Å². The molecule has 0 fully saturated rings. The number of allylic oxidation sites excluding steroid dienone is 2. The fourth-order valence-electron chi connectivity index (χ4n) is 5.83. The van der Waals surface area contributed by atoms with Gasteiger partial charge in [0.15, 0.2) is 0 Å². The van der Waals surface area contributed by atoms with Gasteiger partial charge in [-0.2, -0.15) is 0 Å². The molecule has 226 valence electrons. The van der Waals surface area contributed by atoms with Gasteiger partial charge < -0.3 is 14.3 Å². The lowest BCUT2D eigenvalue weighted by molar-refractivity contribution is -0.274. The summed E-state index contributed by atoms with van der Waals surface area (Å²) < 4.78 is 49.4. The molecule has 2 aliphatic rings. The number of pyridine rings is 1. The van der Waals surface area contributed by atoms with Crippen LogP contribution >= 0.6 is 0 Å². The highest BCUT2D eigenvalue weighted by atomic mass is 28.4. The summed E-state index contributed by atoms with van der Waals surface area (Å²) in [4.78, 5) is 5.21. The molecule has 1 aromatic heterocycles. The van der Waals surface area contributed by atoms with Crippen LogP contribution in [0.4, 0.5) is 13.2 Å². The van der Waals surface area contributed by atoms with Crippen molar-refractivity contribution in [3.05, 3.63) is 69.7 Å². The number of nitrogens with zero attached hydrogens (tertiary/aromatic N) is 1. The second kappa shape index (κ2) is 11.1. The molecule has 0 radical (unpaired) electrons. The van der Waals surface area contributed by atoms with Crippen LogP contribution in [0.5, 0.6) is 5.75 Å². The van der Waals surface area contributed by atoms with Crippen molar-refractivity contribution in [3.8, 4) is 5.75 Å². The van der Waals surface area contributed by atoms with Crippen LogP contribution in [-0.4, -0.2) is 24.8 Å². The van der Waals surface area contributed by atoms with Gasteiger partial charge in [-0.15, -0.1) is 13.2 Å². The topological polar surface area (TPSA) is 51.6 Å². The Hall–Kier alpha value is -2.32. The van der Waals surface area contributed by atoms with E-state index in [-0.39, 0.29) is 28.0 Å². The van der Waals surface area contributed by atoms with Crippen molar-refractivity contribution in [2.75, 3.05) is 0 Å². The molecule has 2 aromatic rings. The molecule has 0 bridgehead atoms. The highest BCUT2D eigenvalue weighted by molar-refractivity contribution is 6.74. The first-order valence-corrected chi connectivity index (χ1v) is 17.7. The second-order valence-corrected chi connectivity index (χ2v) is 19.1. The number of fused-ring (bicyclic) bond motifs is 1. The van der Waals surface area contributed by atoms with Crippen molar-refractivity contribution >= 4 is 8.32 Å². The maximum atomic E-state index is 12.8. The second-order valence-electron chi connectivity index (χ2n) is 14.4. The number of rotatable bonds is 7. The van der Waals surface area contributed by atoms with E-state index in [2.05, 4.69) is 72.4 Å². The van der Waals surface area contributed by atoms with Gasteiger partial charge in [-0.25, -0.2) is 0 Å². The van der Waals surface area contributed by atoms with Crippen molar-refractivity contribution in [3.63, 3.8) is 0 Å². The van der Waals surface area contributed by atoms with Gasteiger partial charge in [0.05, 0.1) is 5.76 Å². The number of ether oxygens (including phenoxy) is 1. The van der Waals surface area contributed by atoms with E-state index >= 15 is 0 Å².